The molecule has 6 nitrogen and oxygen atoms in total. The zero-order valence-electron chi connectivity index (χ0n) is 14.4. The summed E-state index contributed by atoms with van der Waals surface area (Å²) in [5.74, 6) is -2.13. The minimum Gasteiger partial charge on any atom is -0.457 e. The van der Waals surface area contributed by atoms with Crippen LogP contribution in [0.15, 0.2) is 53.2 Å². The Morgan fingerprint density at radius 3 is 2.78 bits per heavy atom. The van der Waals surface area contributed by atoms with Crippen molar-refractivity contribution in [3.8, 4) is 5.75 Å². The van der Waals surface area contributed by atoms with Crippen LogP contribution in [0.4, 0.5) is 5.69 Å². The molecule has 1 aromatic carbocycles. The Morgan fingerprint density at radius 1 is 1.26 bits per heavy atom. The molecule has 1 aliphatic carbocycles. The van der Waals surface area contributed by atoms with Crippen LogP contribution < -0.4 is 9.64 Å². The summed E-state index contributed by atoms with van der Waals surface area (Å²) in [6, 6.07) is 7.47. The Balaban J connectivity index is 1.71. The van der Waals surface area contributed by atoms with Crippen molar-refractivity contribution < 1.29 is 23.5 Å². The number of hydrogen-bond acceptors (Lipinski definition) is 5. The van der Waals surface area contributed by atoms with Crippen LogP contribution in [0.1, 0.15) is 23.9 Å². The molecule has 0 spiro atoms. The fraction of sp³-hybridized carbons (Fsp3) is 0.250. The molecule has 0 unspecified atom stereocenters. The van der Waals surface area contributed by atoms with E-state index in [-0.39, 0.29) is 34.9 Å². The summed E-state index contributed by atoms with van der Waals surface area (Å²) in [5.41, 5.74) is 0.166. The Labute approximate surface area is 160 Å². The maximum Gasteiger partial charge on any atom is 0.379 e. The van der Waals surface area contributed by atoms with E-state index in [0.717, 1.165) is 4.90 Å². The summed E-state index contributed by atoms with van der Waals surface area (Å²) in [6.07, 6.45) is 5.74. The zero-order chi connectivity index (χ0) is 19.1. The van der Waals surface area contributed by atoms with Gasteiger partial charge in [-0.2, -0.15) is 0 Å². The Morgan fingerprint density at radius 2 is 2.07 bits per heavy atom. The molecule has 7 heteroatoms. The summed E-state index contributed by atoms with van der Waals surface area (Å²) >= 11 is 6.09. The lowest BCUT2D eigenvalue weighted by molar-refractivity contribution is -0.122. The van der Waals surface area contributed by atoms with E-state index in [4.69, 9.17) is 20.8 Å². The number of rotatable bonds is 3. The summed E-state index contributed by atoms with van der Waals surface area (Å²) in [4.78, 5) is 39.3. The van der Waals surface area contributed by atoms with Crippen LogP contribution in [0.2, 0.25) is 5.02 Å². The van der Waals surface area contributed by atoms with Crippen molar-refractivity contribution in [2.75, 3.05) is 4.90 Å². The van der Waals surface area contributed by atoms with Gasteiger partial charge in [0.1, 0.15) is 0 Å². The second-order valence-electron chi connectivity index (χ2n) is 6.65. The molecule has 3 atom stereocenters. The quantitative estimate of drug-likeness (QED) is 0.347. The molecular formula is C20H16ClNO5. The van der Waals surface area contributed by atoms with E-state index in [0.29, 0.717) is 11.4 Å². The van der Waals surface area contributed by atoms with Crippen LogP contribution in [0.25, 0.3) is 0 Å². The third-order valence-electron chi connectivity index (χ3n) is 4.96. The van der Waals surface area contributed by atoms with Crippen molar-refractivity contribution in [3.63, 3.8) is 0 Å². The van der Waals surface area contributed by atoms with Crippen LogP contribution in [0.3, 0.4) is 0 Å². The maximum atomic E-state index is 13.0. The van der Waals surface area contributed by atoms with Gasteiger partial charge in [0.2, 0.25) is 17.6 Å². The van der Waals surface area contributed by atoms with Crippen molar-refractivity contribution >= 4 is 35.1 Å². The first-order chi connectivity index (χ1) is 13.0. The van der Waals surface area contributed by atoms with Crippen LogP contribution in [0, 0.1) is 17.8 Å². The average molecular weight is 386 g/mol. The minimum atomic E-state index is -0.727. The molecule has 0 N–H and O–H groups in total. The van der Waals surface area contributed by atoms with Gasteiger partial charge in [-0.3, -0.25) is 9.59 Å². The van der Waals surface area contributed by atoms with Gasteiger partial charge in [0.05, 0.1) is 23.8 Å². The van der Waals surface area contributed by atoms with Gasteiger partial charge in [-0.25, -0.2) is 9.69 Å². The van der Waals surface area contributed by atoms with Gasteiger partial charge in [0, 0.05) is 5.02 Å². The molecule has 0 radical (unpaired) electrons. The number of nitrogens with zero attached hydrogens (tertiary/aromatic N) is 1. The number of hydrogen-bond donors (Lipinski definition) is 0. The number of halogens is 1. The predicted octanol–water partition coefficient (Wildman–Crippen LogP) is 3.85. The second-order valence-corrected chi connectivity index (χ2v) is 7.08. The number of fused-ring (bicyclic) bond motifs is 1. The summed E-state index contributed by atoms with van der Waals surface area (Å²) in [5, 5.41) is 0.324. The molecule has 2 aromatic rings. The first-order valence-electron chi connectivity index (χ1n) is 8.57. The standard InChI is InChI=1S/C20H16ClNO5/c1-11-4-2-5-13-17(11)19(24)22(18(13)23)14-10-12(21)7-8-15(14)27-20(25)16-6-3-9-26-16/h2-4,6-11,13,17H,5H2,1H3/t11-,13-,17+/m1/s1. The largest absolute Gasteiger partial charge is 0.457 e. The van der Waals surface area contributed by atoms with Crippen LogP contribution >= 0.6 is 11.6 Å². The lowest BCUT2D eigenvalue weighted by atomic mass is 9.78. The minimum absolute atomic E-state index is 0.0152. The van der Waals surface area contributed by atoms with Crippen LogP contribution in [-0.2, 0) is 9.59 Å². The summed E-state index contributed by atoms with van der Waals surface area (Å²) in [7, 11) is 0. The Bertz CT molecular complexity index is 949. The third kappa shape index (κ3) is 2.96. The van der Waals surface area contributed by atoms with Crippen molar-refractivity contribution in [2.24, 2.45) is 17.8 Å². The highest BCUT2D eigenvalue weighted by atomic mass is 35.5. The normalized spacial score (nSPS) is 24.2. The highest BCUT2D eigenvalue weighted by molar-refractivity contribution is 6.31. The summed E-state index contributed by atoms with van der Waals surface area (Å²) in [6.45, 7) is 1.91. The van der Waals surface area contributed by atoms with E-state index < -0.39 is 17.8 Å². The molecular weight excluding hydrogens is 370 g/mol. The lowest BCUT2D eigenvalue weighted by Gasteiger charge is -2.22. The topological polar surface area (TPSA) is 76.8 Å². The number of amides is 2. The molecule has 2 aliphatic rings. The molecule has 2 amide bonds. The monoisotopic (exact) mass is 385 g/mol. The van der Waals surface area contributed by atoms with Crippen LogP contribution in [-0.4, -0.2) is 17.8 Å². The van der Waals surface area contributed by atoms with Gasteiger partial charge < -0.3 is 9.15 Å². The van der Waals surface area contributed by atoms with Gasteiger partial charge in [-0.15, -0.1) is 0 Å². The first-order valence-corrected chi connectivity index (χ1v) is 8.95. The average Bonchev–Trinajstić information content (AvgIpc) is 3.25. The van der Waals surface area contributed by atoms with E-state index >= 15 is 0 Å². The fourth-order valence-electron chi connectivity index (χ4n) is 3.68. The number of esters is 1. The second kappa shape index (κ2) is 6.70. The van der Waals surface area contributed by atoms with Gasteiger partial charge in [-0.1, -0.05) is 30.7 Å². The molecule has 138 valence electrons. The van der Waals surface area contributed by atoms with E-state index in [2.05, 4.69) is 0 Å². The van der Waals surface area contributed by atoms with E-state index in [1.54, 1.807) is 6.07 Å². The molecule has 0 saturated carbocycles. The molecule has 1 saturated heterocycles. The van der Waals surface area contributed by atoms with Gasteiger partial charge in [0.15, 0.2) is 5.75 Å². The highest BCUT2D eigenvalue weighted by Gasteiger charge is 2.51. The number of anilines is 1. The highest BCUT2D eigenvalue weighted by Crippen LogP contribution is 2.43. The molecule has 1 aliphatic heterocycles. The number of ether oxygens (including phenoxy) is 1. The fourth-order valence-corrected chi connectivity index (χ4v) is 3.85. The number of imide groups is 1. The predicted molar refractivity (Wildman–Crippen MR) is 97.5 cm³/mol. The van der Waals surface area contributed by atoms with E-state index in [1.807, 2.05) is 19.1 Å². The van der Waals surface area contributed by atoms with Crippen LogP contribution in [0.5, 0.6) is 5.75 Å². The molecule has 1 aromatic heterocycles. The smallest absolute Gasteiger partial charge is 0.379 e. The number of furan rings is 1. The molecule has 2 heterocycles. The van der Waals surface area contributed by atoms with Gasteiger partial charge in [0.25, 0.3) is 0 Å². The van der Waals surface area contributed by atoms with Crippen molar-refractivity contribution in [1.29, 1.82) is 0 Å². The Kier molecular flexibility index (Phi) is 4.36. The van der Waals surface area contributed by atoms with Gasteiger partial charge in [-0.05, 0) is 42.7 Å². The third-order valence-corrected chi connectivity index (χ3v) is 5.19. The molecule has 1 fully saturated rings. The number of carbonyl (C=O) groups excluding carboxylic acids is 3. The first kappa shape index (κ1) is 17.5. The lowest BCUT2D eigenvalue weighted by Crippen LogP contribution is -2.32. The van der Waals surface area contributed by atoms with Gasteiger partial charge >= 0.3 is 5.97 Å². The molecule has 0 bridgehead atoms. The molecule has 4 rings (SSSR count). The van der Waals surface area contributed by atoms with E-state index in [1.165, 1.54) is 30.5 Å². The number of allylic oxidation sites excluding steroid dienone is 2. The van der Waals surface area contributed by atoms with Crippen molar-refractivity contribution in [2.45, 2.75) is 13.3 Å². The maximum absolute atomic E-state index is 13.0. The Hall–Kier alpha value is -2.86. The number of carbonyl (C=O) groups is 3. The zero-order valence-corrected chi connectivity index (χ0v) is 15.2. The number of benzene rings is 1. The van der Waals surface area contributed by atoms with Crippen molar-refractivity contribution in [3.05, 3.63) is 59.5 Å². The SMILES string of the molecule is C[C@@H]1C=CC[C@H]2C(=O)N(c3cc(Cl)ccc3OC(=O)c3ccco3)C(=O)[C@@H]12. The summed E-state index contributed by atoms with van der Waals surface area (Å²) < 4.78 is 10.4. The molecule has 27 heavy (non-hydrogen) atoms. The van der Waals surface area contributed by atoms with E-state index in [9.17, 15) is 14.4 Å². The van der Waals surface area contributed by atoms with Crippen molar-refractivity contribution in [1.82, 2.24) is 0 Å².